The fourth-order valence-electron chi connectivity index (χ4n) is 3.20. The topological polar surface area (TPSA) is 84.5 Å². The van der Waals surface area contributed by atoms with Crippen molar-refractivity contribution in [2.75, 3.05) is 11.9 Å². The van der Waals surface area contributed by atoms with Crippen LogP contribution in [0.1, 0.15) is 49.4 Å². The maximum absolute atomic E-state index is 12.5. The highest BCUT2D eigenvalue weighted by atomic mass is 16.5. The van der Waals surface area contributed by atoms with Gasteiger partial charge in [-0.2, -0.15) is 0 Å². The molecule has 0 saturated heterocycles. The van der Waals surface area contributed by atoms with Gasteiger partial charge in [0.1, 0.15) is 0 Å². The number of ether oxygens (including phenoxy) is 1. The number of carbonyl (C=O) groups is 3. The number of carbonyl (C=O) groups excluding carboxylic acids is 3. The number of benzene rings is 1. The van der Waals surface area contributed by atoms with Crippen LogP contribution in [-0.2, 0) is 14.3 Å². The molecule has 134 valence electrons. The minimum Gasteiger partial charge on any atom is -0.455 e. The van der Waals surface area contributed by atoms with E-state index in [-0.39, 0.29) is 30.4 Å². The predicted octanol–water partition coefficient (Wildman–Crippen LogP) is 2.50. The smallest absolute Gasteiger partial charge is 0.309 e. The lowest BCUT2D eigenvalue weighted by molar-refractivity contribution is -0.148. The van der Waals surface area contributed by atoms with Gasteiger partial charge < -0.3 is 15.4 Å². The molecule has 0 radical (unpaired) electrons. The molecule has 1 aromatic rings. The van der Waals surface area contributed by atoms with Crippen LogP contribution in [0, 0.1) is 11.8 Å². The van der Waals surface area contributed by atoms with Gasteiger partial charge in [0.05, 0.1) is 17.2 Å². The van der Waals surface area contributed by atoms with Crippen LogP contribution in [0.25, 0.3) is 0 Å². The Labute approximate surface area is 147 Å². The largest absolute Gasteiger partial charge is 0.455 e. The van der Waals surface area contributed by atoms with Crippen molar-refractivity contribution in [2.45, 2.75) is 45.1 Å². The highest BCUT2D eigenvalue weighted by molar-refractivity contribution is 6.04. The van der Waals surface area contributed by atoms with Gasteiger partial charge in [-0.25, -0.2) is 0 Å². The van der Waals surface area contributed by atoms with Gasteiger partial charge in [-0.3, -0.25) is 14.4 Å². The molecular weight excluding hydrogens is 320 g/mol. The Kier molecular flexibility index (Phi) is 5.36. The average Bonchev–Trinajstić information content (AvgIpc) is 3.11. The van der Waals surface area contributed by atoms with Crippen molar-refractivity contribution in [1.29, 1.82) is 0 Å². The Morgan fingerprint density at radius 2 is 1.84 bits per heavy atom. The van der Waals surface area contributed by atoms with E-state index in [1.54, 1.807) is 24.3 Å². The molecule has 0 unspecified atom stereocenters. The number of para-hydroxylation sites is 1. The van der Waals surface area contributed by atoms with Crippen molar-refractivity contribution in [2.24, 2.45) is 11.8 Å². The highest BCUT2D eigenvalue weighted by Crippen LogP contribution is 2.38. The zero-order chi connectivity index (χ0) is 17.8. The average molecular weight is 344 g/mol. The first-order chi connectivity index (χ1) is 12.0. The lowest BCUT2D eigenvalue weighted by atomic mass is 10.1. The quantitative estimate of drug-likeness (QED) is 0.777. The van der Waals surface area contributed by atoms with E-state index in [4.69, 9.17) is 4.74 Å². The fourth-order valence-corrected chi connectivity index (χ4v) is 3.20. The minimum atomic E-state index is -0.442. The summed E-state index contributed by atoms with van der Waals surface area (Å²) >= 11 is 0. The molecule has 3 rings (SSSR count). The summed E-state index contributed by atoms with van der Waals surface area (Å²) in [6.07, 6.45) is 5.08. The van der Waals surface area contributed by atoms with Crippen molar-refractivity contribution in [1.82, 2.24) is 5.32 Å². The summed E-state index contributed by atoms with van der Waals surface area (Å²) in [5.74, 6) is -0.683. The molecule has 2 N–H and O–H groups in total. The van der Waals surface area contributed by atoms with E-state index in [9.17, 15) is 14.4 Å². The Hall–Kier alpha value is -2.37. The van der Waals surface area contributed by atoms with Crippen LogP contribution in [0.2, 0.25) is 0 Å². The Morgan fingerprint density at radius 3 is 2.52 bits per heavy atom. The van der Waals surface area contributed by atoms with Gasteiger partial charge in [0, 0.05) is 6.04 Å². The number of rotatable bonds is 6. The lowest BCUT2D eigenvalue weighted by Gasteiger charge is -2.15. The van der Waals surface area contributed by atoms with Crippen LogP contribution in [0.5, 0.6) is 0 Å². The highest BCUT2D eigenvalue weighted by Gasteiger charge is 2.40. The summed E-state index contributed by atoms with van der Waals surface area (Å²) in [7, 11) is 0. The molecule has 2 aliphatic carbocycles. The second kappa shape index (κ2) is 7.68. The van der Waals surface area contributed by atoms with E-state index in [2.05, 4.69) is 10.6 Å². The van der Waals surface area contributed by atoms with Gasteiger partial charge in [-0.1, -0.05) is 31.9 Å². The second-order valence-electron chi connectivity index (χ2n) is 6.98. The standard InChI is InChI=1S/C19H24N2O4/c1-12-10-15(12)19(24)25-11-17(22)21-16-9-5-4-8-14(16)18(23)20-13-6-2-3-7-13/h4-5,8-9,12-13,15H,2-3,6-7,10-11H2,1H3,(H,20,23)(H,21,22)/t12-,15+/m0/s1. The van der Waals surface area contributed by atoms with Crippen LogP contribution >= 0.6 is 0 Å². The van der Waals surface area contributed by atoms with Crippen molar-refractivity contribution in [3.63, 3.8) is 0 Å². The minimum absolute atomic E-state index is 0.0720. The molecule has 0 aliphatic heterocycles. The van der Waals surface area contributed by atoms with Crippen LogP contribution in [0.4, 0.5) is 5.69 Å². The molecule has 2 atom stereocenters. The molecule has 2 aliphatic rings. The molecule has 0 spiro atoms. The first kappa shape index (κ1) is 17.5. The molecule has 2 saturated carbocycles. The van der Waals surface area contributed by atoms with E-state index in [1.165, 1.54) is 0 Å². The maximum atomic E-state index is 12.5. The Balaban J connectivity index is 1.55. The van der Waals surface area contributed by atoms with Gasteiger partial charge in [0.2, 0.25) is 0 Å². The molecule has 1 aromatic carbocycles. The van der Waals surface area contributed by atoms with Gasteiger partial charge in [-0.15, -0.1) is 0 Å². The monoisotopic (exact) mass is 344 g/mol. The molecule has 6 heteroatoms. The van der Waals surface area contributed by atoms with Crippen LogP contribution in [0.3, 0.4) is 0 Å². The number of esters is 1. The van der Waals surface area contributed by atoms with E-state index in [0.717, 1.165) is 32.1 Å². The molecule has 6 nitrogen and oxygen atoms in total. The van der Waals surface area contributed by atoms with Crippen molar-refractivity contribution in [3.8, 4) is 0 Å². The fraction of sp³-hybridized carbons (Fsp3) is 0.526. The third kappa shape index (κ3) is 4.59. The third-order valence-electron chi connectivity index (χ3n) is 4.89. The summed E-state index contributed by atoms with van der Waals surface area (Å²) in [4.78, 5) is 36.2. The zero-order valence-corrected chi connectivity index (χ0v) is 14.4. The van der Waals surface area contributed by atoms with Gasteiger partial charge in [0.25, 0.3) is 11.8 Å². The van der Waals surface area contributed by atoms with E-state index >= 15 is 0 Å². The summed E-state index contributed by atoms with van der Waals surface area (Å²) in [5, 5.41) is 5.68. The maximum Gasteiger partial charge on any atom is 0.309 e. The lowest BCUT2D eigenvalue weighted by Crippen LogP contribution is -2.33. The van der Waals surface area contributed by atoms with Crippen LogP contribution in [0.15, 0.2) is 24.3 Å². The molecular formula is C19H24N2O4. The number of hydrogen-bond donors (Lipinski definition) is 2. The van der Waals surface area contributed by atoms with Gasteiger partial charge in [0.15, 0.2) is 6.61 Å². The van der Waals surface area contributed by atoms with Crippen LogP contribution < -0.4 is 10.6 Å². The number of hydrogen-bond acceptors (Lipinski definition) is 4. The number of anilines is 1. The van der Waals surface area contributed by atoms with Crippen molar-refractivity contribution < 1.29 is 19.1 Å². The second-order valence-corrected chi connectivity index (χ2v) is 6.98. The first-order valence-electron chi connectivity index (χ1n) is 8.91. The number of nitrogens with one attached hydrogen (secondary N) is 2. The zero-order valence-electron chi connectivity index (χ0n) is 14.4. The SMILES string of the molecule is C[C@H]1C[C@H]1C(=O)OCC(=O)Nc1ccccc1C(=O)NC1CCCC1. The van der Waals surface area contributed by atoms with E-state index < -0.39 is 5.91 Å². The van der Waals surface area contributed by atoms with Crippen molar-refractivity contribution >= 4 is 23.5 Å². The summed E-state index contributed by atoms with van der Waals surface area (Å²) in [6, 6.07) is 7.06. The molecule has 25 heavy (non-hydrogen) atoms. The molecule has 2 amide bonds. The van der Waals surface area contributed by atoms with Gasteiger partial charge in [-0.05, 0) is 37.3 Å². The van der Waals surface area contributed by atoms with Crippen LogP contribution in [-0.4, -0.2) is 30.4 Å². The van der Waals surface area contributed by atoms with E-state index in [0.29, 0.717) is 17.2 Å². The summed E-state index contributed by atoms with van der Waals surface area (Å²) in [6.45, 7) is 1.64. The third-order valence-corrected chi connectivity index (χ3v) is 4.89. The Bertz CT molecular complexity index is 667. The summed E-state index contributed by atoms with van der Waals surface area (Å²) < 4.78 is 5.03. The molecule has 2 fully saturated rings. The number of amides is 2. The Morgan fingerprint density at radius 1 is 1.16 bits per heavy atom. The molecule has 0 bridgehead atoms. The normalized spacial score (nSPS) is 22.3. The molecule has 0 aromatic heterocycles. The van der Waals surface area contributed by atoms with Gasteiger partial charge >= 0.3 is 5.97 Å². The van der Waals surface area contributed by atoms with Crippen molar-refractivity contribution in [3.05, 3.63) is 29.8 Å². The summed E-state index contributed by atoms with van der Waals surface area (Å²) in [5.41, 5.74) is 0.851. The first-order valence-corrected chi connectivity index (χ1v) is 8.91. The van der Waals surface area contributed by atoms with E-state index in [1.807, 2.05) is 6.92 Å². The predicted molar refractivity (Wildman–Crippen MR) is 93.0 cm³/mol. The molecule has 0 heterocycles.